The smallest absolute Gasteiger partial charge is 0.177 e. The normalized spacial score (nSPS) is 12.0. The Bertz CT molecular complexity index is 942. The van der Waals surface area contributed by atoms with Crippen molar-refractivity contribution in [2.24, 2.45) is 0 Å². The van der Waals surface area contributed by atoms with Crippen molar-refractivity contribution < 1.29 is 4.42 Å². The monoisotopic (exact) mass is 280 g/mol. The minimum absolute atomic E-state index is 0.286. The number of aryl methyl sites for hydroxylation is 1. The number of imidazole rings is 1. The van der Waals surface area contributed by atoms with E-state index in [2.05, 4.69) is 30.0 Å². The van der Waals surface area contributed by atoms with Crippen LogP contribution in [0.5, 0.6) is 0 Å². The molecule has 3 aromatic heterocycles. The predicted octanol–water partition coefficient (Wildman–Crippen LogP) is 4.06. The predicted molar refractivity (Wildman–Crippen MR) is 82.2 cm³/mol. The zero-order chi connectivity index (χ0) is 14.6. The maximum atomic E-state index is 5.38. The first-order chi connectivity index (χ1) is 10.1. The number of nitrogens with zero attached hydrogens (tertiary/aromatic N) is 3. The van der Waals surface area contributed by atoms with Gasteiger partial charge in [-0.15, -0.1) is 0 Å². The molecule has 106 valence electrons. The molecule has 0 aliphatic carbocycles. The SMILES string of the molecule is Cc1nn(C(C)C)c2nc(-c3ccc4occc4c3)[nH]c12. The Morgan fingerprint density at radius 3 is 2.90 bits per heavy atom. The number of aromatic amines is 1. The highest BCUT2D eigenvalue weighted by Crippen LogP contribution is 2.27. The summed E-state index contributed by atoms with van der Waals surface area (Å²) in [5, 5.41) is 5.61. The minimum Gasteiger partial charge on any atom is -0.464 e. The molecule has 4 rings (SSSR count). The van der Waals surface area contributed by atoms with Crippen LogP contribution in [0.2, 0.25) is 0 Å². The zero-order valence-electron chi connectivity index (χ0n) is 12.2. The second-order valence-corrected chi connectivity index (χ2v) is 5.58. The highest BCUT2D eigenvalue weighted by atomic mass is 16.3. The van der Waals surface area contributed by atoms with E-state index in [0.717, 1.165) is 39.2 Å². The molecule has 0 fully saturated rings. The van der Waals surface area contributed by atoms with Gasteiger partial charge in [-0.3, -0.25) is 0 Å². The Morgan fingerprint density at radius 2 is 2.10 bits per heavy atom. The Balaban J connectivity index is 1.91. The zero-order valence-corrected chi connectivity index (χ0v) is 12.2. The summed E-state index contributed by atoms with van der Waals surface area (Å²) >= 11 is 0. The molecule has 3 heterocycles. The lowest BCUT2D eigenvalue weighted by Crippen LogP contribution is -2.03. The average Bonchev–Trinajstić information content (AvgIpc) is 3.13. The van der Waals surface area contributed by atoms with Crippen LogP contribution in [-0.2, 0) is 0 Å². The van der Waals surface area contributed by atoms with Crippen LogP contribution >= 0.6 is 0 Å². The third-order valence-electron chi connectivity index (χ3n) is 3.74. The van der Waals surface area contributed by atoms with E-state index in [0.29, 0.717) is 0 Å². The van der Waals surface area contributed by atoms with Crippen molar-refractivity contribution in [3.05, 3.63) is 36.2 Å². The lowest BCUT2D eigenvalue weighted by Gasteiger charge is -2.04. The van der Waals surface area contributed by atoms with Crippen LogP contribution in [0.4, 0.5) is 0 Å². The molecule has 0 amide bonds. The molecule has 0 radical (unpaired) electrons. The number of benzene rings is 1. The molecule has 5 heteroatoms. The van der Waals surface area contributed by atoms with Crippen molar-refractivity contribution >= 4 is 22.1 Å². The summed E-state index contributed by atoms with van der Waals surface area (Å²) in [6, 6.07) is 8.32. The van der Waals surface area contributed by atoms with E-state index in [1.807, 2.05) is 29.8 Å². The van der Waals surface area contributed by atoms with Crippen LogP contribution in [-0.4, -0.2) is 19.7 Å². The number of rotatable bonds is 2. The quantitative estimate of drug-likeness (QED) is 0.602. The molecule has 0 unspecified atom stereocenters. The molecule has 1 N–H and O–H groups in total. The molecule has 0 aliphatic heterocycles. The first-order valence-corrected chi connectivity index (χ1v) is 7.06. The maximum Gasteiger partial charge on any atom is 0.177 e. The fourth-order valence-corrected chi connectivity index (χ4v) is 2.65. The van der Waals surface area contributed by atoms with Gasteiger partial charge in [0.1, 0.15) is 16.9 Å². The van der Waals surface area contributed by atoms with Gasteiger partial charge in [0.15, 0.2) is 5.65 Å². The molecule has 21 heavy (non-hydrogen) atoms. The molecule has 0 bridgehead atoms. The van der Waals surface area contributed by atoms with Crippen LogP contribution in [0.15, 0.2) is 34.9 Å². The van der Waals surface area contributed by atoms with E-state index in [4.69, 9.17) is 9.40 Å². The molecule has 0 spiro atoms. The molecule has 5 nitrogen and oxygen atoms in total. The van der Waals surface area contributed by atoms with Gasteiger partial charge >= 0.3 is 0 Å². The van der Waals surface area contributed by atoms with Gasteiger partial charge in [0.05, 0.1) is 12.0 Å². The van der Waals surface area contributed by atoms with E-state index >= 15 is 0 Å². The van der Waals surface area contributed by atoms with Gasteiger partial charge in [-0.2, -0.15) is 5.10 Å². The summed E-state index contributed by atoms with van der Waals surface area (Å²) in [6.45, 7) is 6.22. The second-order valence-electron chi connectivity index (χ2n) is 5.58. The number of fused-ring (bicyclic) bond motifs is 2. The fourth-order valence-electron chi connectivity index (χ4n) is 2.65. The second kappa shape index (κ2) is 4.22. The molecule has 0 saturated heterocycles. The number of hydrogen-bond acceptors (Lipinski definition) is 3. The topological polar surface area (TPSA) is 59.6 Å². The summed E-state index contributed by atoms with van der Waals surface area (Å²) in [5.41, 5.74) is 4.83. The van der Waals surface area contributed by atoms with Gasteiger partial charge in [-0.1, -0.05) is 0 Å². The highest BCUT2D eigenvalue weighted by molar-refractivity contribution is 5.84. The summed E-state index contributed by atoms with van der Waals surface area (Å²) in [7, 11) is 0. The van der Waals surface area contributed by atoms with Gasteiger partial charge < -0.3 is 9.40 Å². The molecule has 0 atom stereocenters. The van der Waals surface area contributed by atoms with Gasteiger partial charge in [0.2, 0.25) is 0 Å². The Labute approximate surface area is 121 Å². The van der Waals surface area contributed by atoms with Crippen molar-refractivity contribution in [2.75, 3.05) is 0 Å². The highest BCUT2D eigenvalue weighted by Gasteiger charge is 2.15. The van der Waals surface area contributed by atoms with E-state index < -0.39 is 0 Å². The summed E-state index contributed by atoms with van der Waals surface area (Å²) in [6.07, 6.45) is 1.70. The summed E-state index contributed by atoms with van der Waals surface area (Å²) < 4.78 is 7.34. The van der Waals surface area contributed by atoms with Crippen LogP contribution in [0.3, 0.4) is 0 Å². The first kappa shape index (κ1) is 12.2. The molecule has 4 aromatic rings. The van der Waals surface area contributed by atoms with Crippen molar-refractivity contribution in [3.8, 4) is 11.4 Å². The Hall–Kier alpha value is -2.56. The average molecular weight is 280 g/mol. The van der Waals surface area contributed by atoms with Crippen LogP contribution in [0, 0.1) is 6.92 Å². The Kier molecular flexibility index (Phi) is 2.45. The Morgan fingerprint density at radius 1 is 1.24 bits per heavy atom. The van der Waals surface area contributed by atoms with Crippen LogP contribution in [0.1, 0.15) is 25.6 Å². The van der Waals surface area contributed by atoms with Gasteiger partial charge in [-0.25, -0.2) is 9.67 Å². The lowest BCUT2D eigenvalue weighted by atomic mass is 10.1. The fraction of sp³-hybridized carbons (Fsp3) is 0.250. The van der Waals surface area contributed by atoms with Crippen LogP contribution < -0.4 is 0 Å². The third kappa shape index (κ3) is 1.77. The third-order valence-corrected chi connectivity index (χ3v) is 3.74. The number of hydrogen-bond donors (Lipinski definition) is 1. The van der Waals surface area contributed by atoms with E-state index in [1.54, 1.807) is 6.26 Å². The number of furan rings is 1. The van der Waals surface area contributed by atoms with E-state index in [9.17, 15) is 0 Å². The molecule has 0 saturated carbocycles. The van der Waals surface area contributed by atoms with Crippen molar-refractivity contribution in [3.63, 3.8) is 0 Å². The largest absolute Gasteiger partial charge is 0.464 e. The molecular formula is C16H16N4O. The first-order valence-electron chi connectivity index (χ1n) is 7.06. The van der Waals surface area contributed by atoms with Crippen molar-refractivity contribution in [1.82, 2.24) is 19.7 Å². The number of nitrogens with one attached hydrogen (secondary N) is 1. The van der Waals surface area contributed by atoms with Crippen molar-refractivity contribution in [2.45, 2.75) is 26.8 Å². The van der Waals surface area contributed by atoms with Crippen LogP contribution in [0.25, 0.3) is 33.5 Å². The van der Waals surface area contributed by atoms with Gasteiger partial charge in [0.25, 0.3) is 0 Å². The number of H-pyrrole nitrogens is 1. The lowest BCUT2D eigenvalue weighted by molar-refractivity contribution is 0.543. The van der Waals surface area contributed by atoms with Crippen molar-refractivity contribution in [1.29, 1.82) is 0 Å². The molecule has 1 aromatic carbocycles. The van der Waals surface area contributed by atoms with E-state index in [-0.39, 0.29) is 6.04 Å². The minimum atomic E-state index is 0.286. The maximum absolute atomic E-state index is 5.38. The van der Waals surface area contributed by atoms with E-state index in [1.165, 1.54) is 0 Å². The summed E-state index contributed by atoms with van der Waals surface area (Å²) in [4.78, 5) is 8.12. The molecule has 0 aliphatic rings. The molecular weight excluding hydrogens is 264 g/mol. The number of aromatic nitrogens is 4. The standard InChI is InChI=1S/C16H16N4O/c1-9(2)20-16-14(10(3)19-20)17-15(18-16)12-4-5-13-11(8-12)6-7-21-13/h4-9H,1-3H3,(H,17,18). The summed E-state index contributed by atoms with van der Waals surface area (Å²) in [5.74, 6) is 0.864. The van der Waals surface area contributed by atoms with Gasteiger partial charge in [-0.05, 0) is 45.0 Å². The van der Waals surface area contributed by atoms with Gasteiger partial charge in [0, 0.05) is 17.0 Å².